The number of hydrogen-bond acceptors (Lipinski definition) is 8. The molecule has 5 rings (SSSR count). The lowest BCUT2D eigenvalue weighted by Crippen LogP contribution is -2.24. The fourth-order valence-corrected chi connectivity index (χ4v) is 4.46. The van der Waals surface area contributed by atoms with Gasteiger partial charge < -0.3 is 30.3 Å². The van der Waals surface area contributed by atoms with Crippen LogP contribution in [-0.4, -0.2) is 35.5 Å². The Bertz CT molecular complexity index is 1550. The molecule has 0 atom stereocenters. The molecule has 0 spiro atoms. The number of benzene rings is 4. The number of rotatable bonds is 7. The van der Waals surface area contributed by atoms with Crippen molar-refractivity contribution in [3.63, 3.8) is 0 Å². The van der Waals surface area contributed by atoms with E-state index in [-0.39, 0.29) is 33.8 Å². The third kappa shape index (κ3) is 4.08. The summed E-state index contributed by atoms with van der Waals surface area (Å²) in [5, 5.41) is 27.7. The number of aromatic hydroxyl groups is 2. The molecule has 4 aromatic carbocycles. The van der Waals surface area contributed by atoms with E-state index in [1.165, 1.54) is 31.4 Å². The summed E-state index contributed by atoms with van der Waals surface area (Å²) in [7, 11) is 1.52. The van der Waals surface area contributed by atoms with Gasteiger partial charge in [-0.2, -0.15) is 0 Å². The van der Waals surface area contributed by atoms with Gasteiger partial charge in [-0.05, 0) is 55.5 Å². The van der Waals surface area contributed by atoms with Crippen LogP contribution in [0.3, 0.4) is 0 Å². The minimum absolute atomic E-state index is 0.0338. The van der Waals surface area contributed by atoms with Crippen molar-refractivity contribution in [3.8, 4) is 23.0 Å². The number of ketones is 2. The number of carbonyl (C=O) groups excluding carboxylic acids is 2. The van der Waals surface area contributed by atoms with E-state index in [1.807, 2.05) is 19.1 Å². The zero-order valence-electron chi connectivity index (χ0n) is 20.2. The number of methoxy groups -OCH3 is 1. The maximum atomic E-state index is 13.8. The lowest BCUT2D eigenvalue weighted by Gasteiger charge is -2.25. The summed E-state index contributed by atoms with van der Waals surface area (Å²) < 4.78 is 11.1. The molecule has 186 valence electrons. The fraction of sp³-hybridized carbons (Fsp3) is 0.103. The SMILES string of the molecule is CCOc1ccccc1Nc1ccc(O)c2c1C(=O)c1c(O)ccc(Nc3ccccc3OC)c1C2=O. The highest BCUT2D eigenvalue weighted by Crippen LogP contribution is 2.44. The Morgan fingerprint density at radius 3 is 1.57 bits per heavy atom. The highest BCUT2D eigenvalue weighted by molar-refractivity contribution is 6.33. The van der Waals surface area contributed by atoms with E-state index in [9.17, 15) is 19.8 Å². The van der Waals surface area contributed by atoms with Crippen LogP contribution in [0.15, 0.2) is 72.8 Å². The van der Waals surface area contributed by atoms with E-state index in [1.54, 1.807) is 36.4 Å². The number of anilines is 4. The molecule has 0 bridgehead atoms. The van der Waals surface area contributed by atoms with Gasteiger partial charge in [-0.1, -0.05) is 24.3 Å². The van der Waals surface area contributed by atoms with E-state index in [4.69, 9.17) is 9.47 Å². The number of phenols is 2. The molecule has 0 saturated heterocycles. The molecule has 0 heterocycles. The van der Waals surface area contributed by atoms with E-state index in [0.29, 0.717) is 40.9 Å². The van der Waals surface area contributed by atoms with Crippen LogP contribution in [0.25, 0.3) is 0 Å². The van der Waals surface area contributed by atoms with Gasteiger partial charge in [-0.25, -0.2) is 0 Å². The Labute approximate surface area is 213 Å². The van der Waals surface area contributed by atoms with Crippen molar-refractivity contribution >= 4 is 34.3 Å². The van der Waals surface area contributed by atoms with Gasteiger partial charge in [-0.3, -0.25) is 9.59 Å². The Balaban J connectivity index is 1.64. The molecule has 0 saturated carbocycles. The van der Waals surface area contributed by atoms with Crippen molar-refractivity contribution in [3.05, 3.63) is 95.1 Å². The van der Waals surface area contributed by atoms with Crippen LogP contribution in [-0.2, 0) is 0 Å². The number of fused-ring (bicyclic) bond motifs is 2. The molecule has 1 aliphatic carbocycles. The van der Waals surface area contributed by atoms with Gasteiger partial charge in [0.15, 0.2) is 0 Å². The van der Waals surface area contributed by atoms with E-state index < -0.39 is 11.6 Å². The Hall–Kier alpha value is -4.98. The predicted molar refractivity (Wildman–Crippen MR) is 140 cm³/mol. The first-order valence-electron chi connectivity index (χ1n) is 11.6. The van der Waals surface area contributed by atoms with Crippen LogP contribution >= 0.6 is 0 Å². The first-order chi connectivity index (χ1) is 17.9. The van der Waals surface area contributed by atoms with Crippen molar-refractivity contribution in [2.75, 3.05) is 24.4 Å². The minimum atomic E-state index is -0.600. The minimum Gasteiger partial charge on any atom is -0.507 e. The smallest absolute Gasteiger partial charge is 0.200 e. The second kappa shape index (κ2) is 9.58. The predicted octanol–water partition coefficient (Wildman–Crippen LogP) is 5.77. The first-order valence-corrected chi connectivity index (χ1v) is 11.6. The summed E-state index contributed by atoms with van der Waals surface area (Å²) >= 11 is 0. The van der Waals surface area contributed by atoms with Crippen LogP contribution in [0, 0.1) is 0 Å². The van der Waals surface area contributed by atoms with Crippen molar-refractivity contribution in [1.29, 1.82) is 0 Å². The van der Waals surface area contributed by atoms with Gasteiger partial charge in [0.1, 0.15) is 23.0 Å². The maximum Gasteiger partial charge on any atom is 0.200 e. The number of phenolic OH excluding ortho intramolecular Hbond substituents is 2. The molecule has 0 unspecified atom stereocenters. The lowest BCUT2D eigenvalue weighted by molar-refractivity contribution is 0.0975. The van der Waals surface area contributed by atoms with Gasteiger partial charge in [0.25, 0.3) is 0 Å². The Morgan fingerprint density at radius 2 is 1.08 bits per heavy atom. The summed E-state index contributed by atoms with van der Waals surface area (Å²) in [5.74, 6) is -0.785. The molecule has 0 fully saturated rings. The molecule has 0 aromatic heterocycles. The van der Waals surface area contributed by atoms with Crippen LogP contribution < -0.4 is 20.1 Å². The van der Waals surface area contributed by atoms with Crippen LogP contribution in [0.4, 0.5) is 22.7 Å². The summed E-state index contributed by atoms with van der Waals surface area (Å²) in [6.07, 6.45) is 0. The number of ether oxygens (including phenoxy) is 2. The monoisotopic (exact) mass is 496 g/mol. The number of hydrogen-bond donors (Lipinski definition) is 4. The number of carbonyl (C=O) groups is 2. The van der Waals surface area contributed by atoms with Crippen LogP contribution in [0.1, 0.15) is 38.8 Å². The summed E-state index contributed by atoms with van der Waals surface area (Å²) in [6.45, 7) is 2.30. The lowest BCUT2D eigenvalue weighted by atomic mass is 9.81. The molecule has 0 amide bonds. The molecule has 4 aromatic rings. The van der Waals surface area contributed by atoms with Crippen molar-refractivity contribution < 1.29 is 29.3 Å². The molecule has 4 N–H and O–H groups in total. The highest BCUT2D eigenvalue weighted by Gasteiger charge is 2.38. The van der Waals surface area contributed by atoms with Gasteiger partial charge in [0.2, 0.25) is 11.6 Å². The Kier molecular flexibility index (Phi) is 6.15. The molecule has 37 heavy (non-hydrogen) atoms. The van der Waals surface area contributed by atoms with Crippen LogP contribution in [0.5, 0.6) is 23.0 Å². The number of nitrogens with one attached hydrogen (secondary N) is 2. The normalized spacial score (nSPS) is 11.9. The summed E-state index contributed by atoms with van der Waals surface area (Å²) in [5.41, 5.74) is 1.37. The van der Waals surface area contributed by atoms with Gasteiger partial charge in [-0.15, -0.1) is 0 Å². The second-order valence-electron chi connectivity index (χ2n) is 8.30. The Morgan fingerprint density at radius 1 is 0.622 bits per heavy atom. The van der Waals surface area contributed by atoms with E-state index >= 15 is 0 Å². The van der Waals surface area contributed by atoms with E-state index in [0.717, 1.165) is 0 Å². The zero-order chi connectivity index (χ0) is 26.1. The molecule has 0 aliphatic heterocycles. The van der Waals surface area contributed by atoms with Gasteiger partial charge in [0.05, 0.1) is 58.7 Å². The average Bonchev–Trinajstić information content (AvgIpc) is 2.90. The molecule has 8 nitrogen and oxygen atoms in total. The summed E-state index contributed by atoms with van der Waals surface area (Å²) in [4.78, 5) is 27.6. The van der Waals surface area contributed by atoms with Gasteiger partial charge in [0, 0.05) is 0 Å². The second-order valence-corrected chi connectivity index (χ2v) is 8.30. The van der Waals surface area contributed by atoms with Crippen molar-refractivity contribution in [2.24, 2.45) is 0 Å². The van der Waals surface area contributed by atoms with Crippen LogP contribution in [0.2, 0.25) is 0 Å². The summed E-state index contributed by atoms with van der Waals surface area (Å²) in [6, 6.07) is 20.0. The number of para-hydroxylation sites is 4. The molecule has 8 heteroatoms. The molecule has 1 aliphatic rings. The third-order valence-electron chi connectivity index (χ3n) is 6.11. The first kappa shape index (κ1) is 23.7. The van der Waals surface area contributed by atoms with E-state index in [2.05, 4.69) is 10.6 Å². The van der Waals surface area contributed by atoms with Crippen molar-refractivity contribution in [1.82, 2.24) is 0 Å². The fourth-order valence-electron chi connectivity index (χ4n) is 4.46. The molecule has 0 radical (unpaired) electrons. The van der Waals surface area contributed by atoms with Crippen molar-refractivity contribution in [2.45, 2.75) is 6.92 Å². The zero-order valence-corrected chi connectivity index (χ0v) is 20.2. The topological polar surface area (TPSA) is 117 Å². The quantitative estimate of drug-likeness (QED) is 0.210. The largest absolute Gasteiger partial charge is 0.507 e. The third-order valence-corrected chi connectivity index (χ3v) is 6.11. The standard InChI is InChI=1S/C29H24N2O6/c1-3-37-23-11-7-5-9-17(23)31-19-13-15-21(33)27-25(19)29(35)26-20(32)14-12-18(24(26)28(27)34)30-16-8-4-6-10-22(16)36-2/h4-15,30-33H,3H2,1-2H3. The average molecular weight is 497 g/mol. The highest BCUT2D eigenvalue weighted by atomic mass is 16.5. The van der Waals surface area contributed by atoms with Gasteiger partial charge >= 0.3 is 0 Å². The maximum absolute atomic E-state index is 13.8. The molecular formula is C29H24N2O6. The molecular weight excluding hydrogens is 472 g/mol.